The van der Waals surface area contributed by atoms with E-state index in [-0.39, 0.29) is 13.4 Å². The third-order valence-electron chi connectivity index (χ3n) is 15.9. The van der Waals surface area contributed by atoms with Crippen molar-refractivity contribution < 1.29 is 9.47 Å². The zero-order valence-corrected chi connectivity index (χ0v) is 42.2. The zero-order valence-electron chi connectivity index (χ0n) is 40.5. The molecular formula is C64H43B2N3O2S2. The molecule has 0 saturated carbocycles. The predicted octanol–water partition coefficient (Wildman–Crippen LogP) is 13.8. The summed E-state index contributed by atoms with van der Waals surface area (Å²) >= 11 is 3.80. The van der Waals surface area contributed by atoms with Gasteiger partial charge >= 0.3 is 0 Å². The minimum atomic E-state index is -0.0584. The van der Waals surface area contributed by atoms with E-state index in [0.717, 1.165) is 45.4 Å². The molecule has 16 rings (SSSR count). The van der Waals surface area contributed by atoms with Gasteiger partial charge in [-0.2, -0.15) is 0 Å². The summed E-state index contributed by atoms with van der Waals surface area (Å²) in [5.74, 6) is 3.57. The van der Waals surface area contributed by atoms with Crippen molar-refractivity contribution in [2.45, 2.75) is 27.7 Å². The van der Waals surface area contributed by atoms with Crippen molar-refractivity contribution in [3.63, 3.8) is 0 Å². The number of hydrogen-bond acceptors (Lipinski definition) is 6. The summed E-state index contributed by atoms with van der Waals surface area (Å²) < 4.78 is 19.5. The van der Waals surface area contributed by atoms with Gasteiger partial charge in [0.1, 0.15) is 23.0 Å². The third-order valence-corrected chi connectivity index (χ3v) is 18.3. The number of para-hydroxylation sites is 1. The molecule has 9 aromatic carbocycles. The van der Waals surface area contributed by atoms with Gasteiger partial charge in [0.15, 0.2) is 0 Å². The van der Waals surface area contributed by atoms with Gasteiger partial charge in [-0.3, -0.25) is 0 Å². The molecule has 0 bridgehead atoms. The number of rotatable bonds is 4. The van der Waals surface area contributed by atoms with Crippen LogP contribution in [0.25, 0.3) is 48.0 Å². The molecule has 9 heteroatoms. The molecule has 4 aliphatic rings. The molecule has 73 heavy (non-hydrogen) atoms. The van der Waals surface area contributed by atoms with Crippen LogP contribution in [0.5, 0.6) is 23.0 Å². The zero-order chi connectivity index (χ0) is 48.4. The second-order valence-corrected chi connectivity index (χ2v) is 22.3. The van der Waals surface area contributed by atoms with Crippen LogP contribution in [0.15, 0.2) is 188 Å². The summed E-state index contributed by atoms with van der Waals surface area (Å²) in [7, 11) is 0. The minimum absolute atomic E-state index is 0.0576. The lowest BCUT2D eigenvalue weighted by Gasteiger charge is -2.39. The van der Waals surface area contributed by atoms with Crippen molar-refractivity contribution >= 4 is 134 Å². The molecule has 0 spiro atoms. The van der Waals surface area contributed by atoms with Crippen LogP contribution in [0.4, 0.5) is 33.4 Å². The Morgan fingerprint density at radius 2 is 0.986 bits per heavy atom. The second-order valence-electron chi connectivity index (χ2n) is 20.2. The van der Waals surface area contributed by atoms with Gasteiger partial charge in [0.25, 0.3) is 13.4 Å². The van der Waals surface area contributed by atoms with E-state index in [1.165, 1.54) is 113 Å². The Morgan fingerprint density at radius 1 is 0.411 bits per heavy atom. The summed E-state index contributed by atoms with van der Waals surface area (Å²) in [5, 5.41) is 4.92. The molecule has 0 atom stereocenters. The molecule has 344 valence electrons. The van der Waals surface area contributed by atoms with Gasteiger partial charge < -0.3 is 23.8 Å². The Bertz CT molecular complexity index is 4370. The van der Waals surface area contributed by atoms with E-state index in [1.54, 1.807) is 0 Å². The first-order valence-corrected chi connectivity index (χ1v) is 26.8. The number of nitrogens with zero attached hydrogens (tertiary/aromatic N) is 3. The lowest BCUT2D eigenvalue weighted by molar-refractivity contribution is 0.488. The average molecular weight is 972 g/mol. The second kappa shape index (κ2) is 15.2. The van der Waals surface area contributed by atoms with E-state index in [4.69, 9.17) is 9.47 Å². The molecule has 0 radical (unpaired) electrons. The van der Waals surface area contributed by atoms with Crippen molar-refractivity contribution in [3.05, 3.63) is 210 Å². The first kappa shape index (κ1) is 41.4. The van der Waals surface area contributed by atoms with Crippen molar-refractivity contribution in [3.8, 4) is 39.1 Å². The lowest BCUT2D eigenvalue weighted by atomic mass is 9.34. The number of aryl methyl sites for hydroxylation is 4. The molecule has 0 aliphatic carbocycles. The van der Waals surface area contributed by atoms with Crippen LogP contribution >= 0.6 is 22.7 Å². The van der Waals surface area contributed by atoms with Gasteiger partial charge in [-0.25, -0.2) is 0 Å². The predicted molar refractivity (Wildman–Crippen MR) is 310 cm³/mol. The normalized spacial score (nSPS) is 13.6. The maximum atomic E-state index is 7.23. The maximum Gasteiger partial charge on any atom is 0.268 e. The molecule has 0 N–H and O–H groups in total. The molecule has 3 aromatic heterocycles. The molecule has 0 fully saturated rings. The van der Waals surface area contributed by atoms with Crippen molar-refractivity contribution in [2.75, 3.05) is 9.80 Å². The number of aromatic nitrogens is 1. The van der Waals surface area contributed by atoms with Crippen LogP contribution in [0.3, 0.4) is 0 Å². The number of thiophene rings is 2. The van der Waals surface area contributed by atoms with Gasteiger partial charge in [0, 0.05) is 60.0 Å². The molecule has 5 nitrogen and oxygen atoms in total. The van der Waals surface area contributed by atoms with Crippen molar-refractivity contribution in [1.29, 1.82) is 0 Å². The van der Waals surface area contributed by atoms with Crippen LogP contribution in [-0.4, -0.2) is 18.0 Å². The highest BCUT2D eigenvalue weighted by atomic mass is 32.1. The van der Waals surface area contributed by atoms with Gasteiger partial charge in [-0.1, -0.05) is 115 Å². The van der Waals surface area contributed by atoms with Crippen molar-refractivity contribution in [1.82, 2.24) is 4.57 Å². The Hall–Kier alpha value is -8.23. The quantitative estimate of drug-likeness (QED) is 0.164. The maximum absolute atomic E-state index is 7.23. The first-order chi connectivity index (χ1) is 35.8. The molecule has 0 amide bonds. The van der Waals surface area contributed by atoms with E-state index in [2.05, 4.69) is 230 Å². The Kier molecular flexibility index (Phi) is 8.59. The average Bonchev–Trinajstić information content (AvgIpc) is 4.12. The molecule has 7 heterocycles. The van der Waals surface area contributed by atoms with E-state index in [1.807, 2.05) is 22.7 Å². The monoisotopic (exact) mass is 971 g/mol. The third kappa shape index (κ3) is 5.80. The summed E-state index contributed by atoms with van der Waals surface area (Å²) in [6.07, 6.45) is 0. The number of anilines is 6. The van der Waals surface area contributed by atoms with Gasteiger partial charge in [0.2, 0.25) is 0 Å². The molecule has 0 unspecified atom stereocenters. The Morgan fingerprint density at radius 3 is 1.66 bits per heavy atom. The molecular weight excluding hydrogens is 928 g/mol. The molecule has 12 aromatic rings. The largest absolute Gasteiger partial charge is 0.458 e. The fourth-order valence-electron chi connectivity index (χ4n) is 12.6. The highest BCUT2D eigenvalue weighted by molar-refractivity contribution is 7.31. The number of ether oxygens (including phenoxy) is 2. The van der Waals surface area contributed by atoms with Crippen molar-refractivity contribution in [2.24, 2.45) is 0 Å². The SMILES string of the molecule is Cc1ccc(C)c(N2c3cc(-c4ccccc4)sc3B3c4cc5c6cc7c(cc6n(-c6ccccc6)c5cc4Oc4cccc2c43)Oc2cccc3c2B7c2c(sc4ccccc24)N3c2cc(C)ccc2C)c1. The van der Waals surface area contributed by atoms with Crippen LogP contribution in [0.2, 0.25) is 0 Å². The highest BCUT2D eigenvalue weighted by Gasteiger charge is 2.46. The van der Waals surface area contributed by atoms with E-state index in [0.29, 0.717) is 0 Å². The molecule has 0 saturated heterocycles. The summed E-state index contributed by atoms with van der Waals surface area (Å²) in [6.45, 7) is 8.72. The lowest BCUT2D eigenvalue weighted by Crippen LogP contribution is -2.59. The fraction of sp³-hybridized carbons (Fsp3) is 0.0625. The topological polar surface area (TPSA) is 29.9 Å². The van der Waals surface area contributed by atoms with E-state index >= 15 is 0 Å². The number of benzene rings is 9. The molecule has 4 aliphatic heterocycles. The summed E-state index contributed by atoms with van der Waals surface area (Å²) in [4.78, 5) is 6.26. The first-order valence-electron chi connectivity index (χ1n) is 25.1. The Labute approximate surface area is 431 Å². The standard InChI is InChI=1S/C64H43B2N3O2S2/c1-36-25-27-38(3)49(29-36)68-47-20-13-23-55-62(47)66(63-53(68)35-59(72-63)40-15-7-5-8-16-40)46-32-44-43-31-45-56(33-51(43)67(41-17-9-6-10-18-41)52(44)34-57(46)71-55)70-54-22-14-21-48-61(54)65(45)60-42-19-11-12-24-58(42)73-64(60)69(48)50-30-37(2)26-28-39(50)4/h5-35H,1-4H3. The Balaban J connectivity index is 0.966. The van der Waals surface area contributed by atoms with Crippen LogP contribution in [-0.2, 0) is 0 Å². The summed E-state index contributed by atoms with van der Waals surface area (Å²) in [5.41, 5.74) is 21.5. The van der Waals surface area contributed by atoms with Gasteiger partial charge in [0.05, 0.1) is 27.4 Å². The number of fused-ring (bicyclic) bond motifs is 13. The van der Waals surface area contributed by atoms with E-state index in [9.17, 15) is 0 Å². The van der Waals surface area contributed by atoms with Gasteiger partial charge in [-0.05, 0) is 149 Å². The van der Waals surface area contributed by atoms with Gasteiger partial charge in [-0.15, -0.1) is 22.7 Å². The minimum Gasteiger partial charge on any atom is -0.458 e. The number of hydrogen-bond donors (Lipinski definition) is 0. The van der Waals surface area contributed by atoms with Crippen LogP contribution in [0, 0.1) is 27.7 Å². The smallest absolute Gasteiger partial charge is 0.268 e. The van der Waals surface area contributed by atoms with Crippen LogP contribution in [0.1, 0.15) is 22.3 Å². The fourth-order valence-corrected chi connectivity index (χ4v) is 15.1. The summed E-state index contributed by atoms with van der Waals surface area (Å²) in [6, 6.07) is 69.4. The van der Waals surface area contributed by atoms with E-state index < -0.39 is 0 Å². The highest BCUT2D eigenvalue weighted by Crippen LogP contribution is 2.49. The van der Waals surface area contributed by atoms with Crippen LogP contribution < -0.4 is 51.4 Å².